The Morgan fingerprint density at radius 3 is 2.81 bits per heavy atom. The molecule has 0 aromatic carbocycles. The van der Waals surface area contributed by atoms with Crippen LogP contribution in [0.15, 0.2) is 21.9 Å². The molecule has 2 heterocycles. The number of nitrogens with zero attached hydrogens (tertiary/aromatic N) is 1. The summed E-state index contributed by atoms with van der Waals surface area (Å²) in [6, 6.07) is 3.88. The number of aryl methyl sites for hydroxylation is 2. The third-order valence-electron chi connectivity index (χ3n) is 1.94. The normalized spacial score (nSPS) is 10.6. The lowest BCUT2D eigenvalue weighted by molar-refractivity contribution is 0.102. The van der Waals surface area contributed by atoms with Gasteiger partial charge in [-0.25, -0.2) is 4.98 Å². The number of aromatic nitrogens is 1. The number of ketones is 1. The first kappa shape index (κ1) is 11.8. The van der Waals surface area contributed by atoms with E-state index in [0.29, 0.717) is 5.75 Å². The molecule has 0 aliphatic rings. The predicted octanol–water partition coefficient (Wildman–Crippen LogP) is 3.80. The molecule has 0 aliphatic carbocycles. The molecule has 0 spiro atoms. The van der Waals surface area contributed by atoms with Gasteiger partial charge in [-0.3, -0.25) is 4.79 Å². The Balaban J connectivity index is 1.93. The average Bonchev–Trinajstić information content (AvgIpc) is 2.84. The van der Waals surface area contributed by atoms with E-state index in [9.17, 15) is 4.79 Å². The Labute approximate surface area is 107 Å². The van der Waals surface area contributed by atoms with E-state index >= 15 is 0 Å². The molecule has 0 amide bonds. The van der Waals surface area contributed by atoms with E-state index in [1.165, 1.54) is 16.6 Å². The van der Waals surface area contributed by atoms with Gasteiger partial charge in [-0.05, 0) is 26.0 Å². The van der Waals surface area contributed by atoms with Crippen LogP contribution in [0.1, 0.15) is 20.2 Å². The number of thioether (sulfide) groups is 1. The van der Waals surface area contributed by atoms with Gasteiger partial charge in [0.25, 0.3) is 0 Å². The highest BCUT2D eigenvalue weighted by molar-refractivity contribution is 8.01. The minimum Gasteiger partial charge on any atom is -0.292 e. The number of thiophene rings is 1. The van der Waals surface area contributed by atoms with Crippen molar-refractivity contribution in [2.45, 2.75) is 18.2 Å². The van der Waals surface area contributed by atoms with E-state index in [0.717, 1.165) is 14.9 Å². The van der Waals surface area contributed by atoms with Gasteiger partial charge in [0, 0.05) is 16.0 Å². The molecule has 0 saturated heterocycles. The lowest BCUT2D eigenvalue weighted by Crippen LogP contribution is -1.98. The molecule has 0 fully saturated rings. The fourth-order valence-electron chi connectivity index (χ4n) is 1.18. The third kappa shape index (κ3) is 2.93. The maximum atomic E-state index is 11.8. The van der Waals surface area contributed by atoms with Crippen molar-refractivity contribution in [3.8, 4) is 0 Å². The van der Waals surface area contributed by atoms with Crippen molar-refractivity contribution in [1.82, 2.24) is 4.98 Å². The summed E-state index contributed by atoms with van der Waals surface area (Å²) in [6.07, 6.45) is 0. The second-order valence-corrected chi connectivity index (χ2v) is 6.75. The van der Waals surface area contributed by atoms with Crippen molar-refractivity contribution in [1.29, 1.82) is 0 Å². The van der Waals surface area contributed by atoms with E-state index in [-0.39, 0.29) is 5.78 Å². The monoisotopic (exact) mass is 269 g/mol. The molecule has 0 radical (unpaired) electrons. The highest BCUT2D eigenvalue weighted by Gasteiger charge is 2.09. The maximum Gasteiger partial charge on any atom is 0.183 e. The first-order chi connectivity index (χ1) is 7.65. The number of rotatable bonds is 4. The van der Waals surface area contributed by atoms with Crippen molar-refractivity contribution >= 4 is 40.2 Å². The molecule has 0 aliphatic heterocycles. The first-order valence-corrected chi connectivity index (χ1v) is 7.48. The van der Waals surface area contributed by atoms with Gasteiger partial charge in [-0.2, -0.15) is 0 Å². The Morgan fingerprint density at radius 2 is 2.25 bits per heavy atom. The van der Waals surface area contributed by atoms with E-state index < -0.39 is 0 Å². The van der Waals surface area contributed by atoms with Crippen LogP contribution >= 0.6 is 34.4 Å². The number of carbonyl (C=O) groups excluding carboxylic acids is 1. The highest BCUT2D eigenvalue weighted by atomic mass is 32.2. The first-order valence-electron chi connectivity index (χ1n) is 4.80. The van der Waals surface area contributed by atoms with Gasteiger partial charge in [0.05, 0.1) is 10.6 Å². The third-order valence-corrected chi connectivity index (χ3v) is 5.12. The smallest absolute Gasteiger partial charge is 0.183 e. The number of carbonyl (C=O) groups is 1. The van der Waals surface area contributed by atoms with Crippen LogP contribution in [-0.2, 0) is 0 Å². The van der Waals surface area contributed by atoms with Crippen LogP contribution in [0.3, 0.4) is 0 Å². The van der Waals surface area contributed by atoms with E-state index in [4.69, 9.17) is 0 Å². The lowest BCUT2D eigenvalue weighted by Gasteiger charge is -1.94. The second-order valence-electron chi connectivity index (χ2n) is 3.38. The Bertz CT molecular complexity index is 501. The average molecular weight is 269 g/mol. The summed E-state index contributed by atoms with van der Waals surface area (Å²) in [4.78, 5) is 18.1. The summed E-state index contributed by atoms with van der Waals surface area (Å²) in [5.41, 5.74) is 1.02. The molecule has 84 valence electrons. The van der Waals surface area contributed by atoms with E-state index in [1.807, 2.05) is 31.4 Å². The number of hydrogen-bond acceptors (Lipinski definition) is 5. The minimum absolute atomic E-state index is 0.191. The summed E-state index contributed by atoms with van der Waals surface area (Å²) in [6.45, 7) is 3.98. The van der Waals surface area contributed by atoms with Crippen LogP contribution < -0.4 is 0 Å². The second kappa shape index (κ2) is 5.12. The van der Waals surface area contributed by atoms with Gasteiger partial charge < -0.3 is 0 Å². The fraction of sp³-hybridized carbons (Fsp3) is 0.273. The van der Waals surface area contributed by atoms with Crippen molar-refractivity contribution in [3.05, 3.63) is 33.0 Å². The van der Waals surface area contributed by atoms with Crippen molar-refractivity contribution in [2.75, 3.05) is 5.75 Å². The molecule has 0 N–H and O–H groups in total. The Morgan fingerprint density at radius 1 is 1.44 bits per heavy atom. The molecule has 2 aromatic rings. The van der Waals surface area contributed by atoms with Crippen LogP contribution in [0.5, 0.6) is 0 Å². The minimum atomic E-state index is 0.191. The van der Waals surface area contributed by atoms with Crippen molar-refractivity contribution < 1.29 is 4.79 Å². The molecule has 5 heteroatoms. The SMILES string of the molecule is Cc1csc(SCC(=O)c2ccc(C)s2)n1. The highest BCUT2D eigenvalue weighted by Crippen LogP contribution is 2.24. The van der Waals surface area contributed by atoms with Gasteiger partial charge in [0.15, 0.2) is 10.1 Å². The maximum absolute atomic E-state index is 11.8. The predicted molar refractivity (Wildman–Crippen MR) is 71.0 cm³/mol. The molecule has 16 heavy (non-hydrogen) atoms. The quantitative estimate of drug-likeness (QED) is 0.624. The van der Waals surface area contributed by atoms with Gasteiger partial charge in [-0.1, -0.05) is 11.8 Å². The Hall–Kier alpha value is -0.650. The fourth-order valence-corrected chi connectivity index (χ4v) is 3.81. The molecule has 2 nitrogen and oxygen atoms in total. The van der Waals surface area contributed by atoms with Crippen LogP contribution in [0.25, 0.3) is 0 Å². The Kier molecular flexibility index (Phi) is 3.78. The summed E-state index contributed by atoms with van der Waals surface area (Å²) in [7, 11) is 0. The summed E-state index contributed by atoms with van der Waals surface area (Å²) in [5, 5.41) is 2.00. The zero-order valence-electron chi connectivity index (χ0n) is 9.02. The number of Topliss-reactive ketones (excluding diaryl/α,β-unsaturated/α-hetero) is 1. The van der Waals surface area contributed by atoms with Crippen LogP contribution in [0, 0.1) is 13.8 Å². The molecular weight excluding hydrogens is 258 g/mol. The molecule has 0 saturated carbocycles. The summed E-state index contributed by atoms with van der Waals surface area (Å²) in [5.74, 6) is 0.670. The zero-order valence-corrected chi connectivity index (χ0v) is 11.5. The molecule has 2 rings (SSSR count). The molecule has 0 unspecified atom stereocenters. The number of thiazole rings is 1. The molecule has 0 bridgehead atoms. The van der Waals surface area contributed by atoms with Gasteiger partial charge >= 0.3 is 0 Å². The number of hydrogen-bond donors (Lipinski definition) is 0. The van der Waals surface area contributed by atoms with Crippen molar-refractivity contribution in [2.24, 2.45) is 0 Å². The van der Waals surface area contributed by atoms with Crippen LogP contribution in [0.4, 0.5) is 0 Å². The standard InChI is InChI=1S/C11H11NOS3/c1-7-5-14-11(12-7)15-6-9(13)10-4-3-8(2)16-10/h3-5H,6H2,1-2H3. The van der Waals surface area contributed by atoms with Crippen LogP contribution in [0.2, 0.25) is 0 Å². The zero-order chi connectivity index (χ0) is 11.5. The topological polar surface area (TPSA) is 30.0 Å². The van der Waals surface area contributed by atoms with E-state index in [1.54, 1.807) is 22.7 Å². The summed E-state index contributed by atoms with van der Waals surface area (Å²) < 4.78 is 0.971. The molecule has 2 aromatic heterocycles. The van der Waals surface area contributed by atoms with Gasteiger partial charge in [0.1, 0.15) is 0 Å². The lowest BCUT2D eigenvalue weighted by atomic mass is 10.3. The molecule has 0 atom stereocenters. The van der Waals surface area contributed by atoms with Crippen molar-refractivity contribution in [3.63, 3.8) is 0 Å². The van der Waals surface area contributed by atoms with Gasteiger partial charge in [-0.15, -0.1) is 22.7 Å². The van der Waals surface area contributed by atoms with E-state index in [2.05, 4.69) is 4.98 Å². The summed E-state index contributed by atoms with van der Waals surface area (Å²) >= 11 is 4.67. The van der Waals surface area contributed by atoms with Crippen LogP contribution in [-0.4, -0.2) is 16.5 Å². The largest absolute Gasteiger partial charge is 0.292 e. The molecular formula is C11H11NOS3. The van der Waals surface area contributed by atoms with Gasteiger partial charge in [0.2, 0.25) is 0 Å².